The van der Waals surface area contributed by atoms with Crippen LogP contribution >= 0.6 is 0 Å². The van der Waals surface area contributed by atoms with Crippen LogP contribution < -0.4 is 11.7 Å². The molecule has 72 valence electrons. The van der Waals surface area contributed by atoms with Crippen LogP contribution in [0.1, 0.15) is 0 Å². The number of phenolic OH excluding ortho intramolecular Hbond substituents is 1. The van der Waals surface area contributed by atoms with Gasteiger partial charge in [-0.05, 0) is 12.1 Å². The van der Waals surface area contributed by atoms with E-state index in [0.29, 0.717) is 11.0 Å². The fourth-order valence-corrected chi connectivity index (χ4v) is 0.853. The van der Waals surface area contributed by atoms with E-state index in [9.17, 15) is 0 Å². The summed E-state index contributed by atoms with van der Waals surface area (Å²) >= 11 is 0. The number of nitrogens with two attached hydrogens (primary N) is 2. The van der Waals surface area contributed by atoms with Crippen molar-refractivity contribution in [1.82, 2.24) is 15.4 Å². The monoisotopic (exact) mass is 185 g/mol. The maximum Gasteiger partial charge on any atom is 0.154 e. The summed E-state index contributed by atoms with van der Waals surface area (Å²) in [5.74, 6) is 8.16. The third-order valence-electron chi connectivity index (χ3n) is 1.33. The van der Waals surface area contributed by atoms with Crippen molar-refractivity contribution >= 4 is 11.0 Å². The Morgan fingerprint density at radius 1 is 1.23 bits per heavy atom. The molecule has 0 fully saturated rings. The predicted molar refractivity (Wildman–Crippen MR) is 47.5 cm³/mol. The van der Waals surface area contributed by atoms with Gasteiger partial charge in [-0.1, -0.05) is 6.07 Å². The van der Waals surface area contributed by atoms with Crippen LogP contribution in [0, 0.1) is 0 Å². The number of nitrogens with one attached hydrogen (secondary N) is 1. The van der Waals surface area contributed by atoms with Crippen LogP contribution in [0.4, 0.5) is 0 Å². The molecule has 13 heavy (non-hydrogen) atoms. The fourth-order valence-electron chi connectivity index (χ4n) is 0.853. The van der Waals surface area contributed by atoms with Gasteiger partial charge in [0.1, 0.15) is 11.3 Å². The molecule has 2 rings (SSSR count). The first-order valence-electron chi connectivity index (χ1n) is 3.20. The van der Waals surface area contributed by atoms with E-state index in [1.54, 1.807) is 18.2 Å². The average Bonchev–Trinajstić information content (AvgIpc) is 2.57. The molecule has 0 atom stereocenters. The molecule has 2 aromatic rings. The van der Waals surface area contributed by atoms with Crippen LogP contribution in [0.5, 0.6) is 5.75 Å². The number of aromatic nitrogens is 3. The summed E-state index contributed by atoms with van der Waals surface area (Å²) in [5.41, 5.74) is 1.20. The summed E-state index contributed by atoms with van der Waals surface area (Å²) in [6, 6.07) is 5.07. The number of aromatic hydroxyl groups is 1. The van der Waals surface area contributed by atoms with Gasteiger partial charge in [-0.2, -0.15) is 15.4 Å². The molecule has 0 aliphatic rings. The molecule has 8 N–H and O–H groups in total. The van der Waals surface area contributed by atoms with Crippen LogP contribution in [0.15, 0.2) is 18.2 Å². The number of fused-ring (bicyclic) bond motifs is 1. The normalized spacial score (nSPS) is 8.46. The van der Waals surface area contributed by atoms with Gasteiger partial charge < -0.3 is 10.6 Å². The molecule has 0 spiro atoms. The zero-order chi connectivity index (χ0) is 8.97. The van der Waals surface area contributed by atoms with Crippen molar-refractivity contribution in [1.29, 1.82) is 0 Å². The summed E-state index contributed by atoms with van der Waals surface area (Å²) in [5, 5.41) is 19.1. The lowest BCUT2D eigenvalue weighted by Gasteiger charge is -1.87. The van der Waals surface area contributed by atoms with E-state index in [0.717, 1.165) is 0 Å². The van der Waals surface area contributed by atoms with Crippen molar-refractivity contribution < 1.29 is 10.6 Å². The maximum absolute atomic E-state index is 9.14. The Hall–Kier alpha value is -1.70. The molecule has 0 aliphatic heterocycles. The number of para-hydroxylation sites is 1. The van der Waals surface area contributed by atoms with Crippen LogP contribution in [-0.4, -0.2) is 26.0 Å². The molecule has 0 bridgehead atoms. The van der Waals surface area contributed by atoms with E-state index in [1.165, 1.54) is 0 Å². The van der Waals surface area contributed by atoms with Crippen molar-refractivity contribution in [2.45, 2.75) is 0 Å². The SMILES string of the molecule is NN.O.Oc1cccc2n[nH]nc12. The minimum atomic E-state index is 0. The van der Waals surface area contributed by atoms with Crippen molar-refractivity contribution in [3.05, 3.63) is 18.2 Å². The third kappa shape index (κ3) is 2.12. The molecule has 0 radical (unpaired) electrons. The number of hydrogen-bond donors (Lipinski definition) is 4. The summed E-state index contributed by atoms with van der Waals surface area (Å²) in [6.07, 6.45) is 0. The van der Waals surface area contributed by atoms with Crippen molar-refractivity contribution in [3.63, 3.8) is 0 Å². The fraction of sp³-hybridized carbons (Fsp3) is 0. The summed E-state index contributed by atoms with van der Waals surface area (Å²) in [6.45, 7) is 0. The number of benzene rings is 1. The Balaban J connectivity index is 0.000000451. The number of hydrogen-bond acceptors (Lipinski definition) is 5. The summed E-state index contributed by atoms with van der Waals surface area (Å²) in [7, 11) is 0. The number of rotatable bonds is 0. The summed E-state index contributed by atoms with van der Waals surface area (Å²) < 4.78 is 0. The Morgan fingerprint density at radius 3 is 2.54 bits per heavy atom. The van der Waals surface area contributed by atoms with E-state index >= 15 is 0 Å². The molecule has 7 nitrogen and oxygen atoms in total. The second-order valence-electron chi connectivity index (χ2n) is 1.97. The van der Waals surface area contributed by atoms with Gasteiger partial charge in [-0.3, -0.25) is 11.7 Å². The van der Waals surface area contributed by atoms with Gasteiger partial charge in [0.15, 0.2) is 5.52 Å². The Bertz CT molecular complexity index is 361. The van der Waals surface area contributed by atoms with Crippen LogP contribution in [0.2, 0.25) is 0 Å². The number of H-pyrrole nitrogens is 1. The highest BCUT2D eigenvalue weighted by Gasteiger charge is 1.99. The molecule has 0 saturated carbocycles. The number of phenols is 1. The molecular formula is C6H11N5O2. The van der Waals surface area contributed by atoms with Gasteiger partial charge in [-0.25, -0.2) is 0 Å². The molecule has 0 amide bonds. The number of hydrazine groups is 1. The molecule has 0 aliphatic carbocycles. The lowest BCUT2D eigenvalue weighted by molar-refractivity contribution is 0.480. The van der Waals surface area contributed by atoms with Crippen molar-refractivity contribution in [2.75, 3.05) is 0 Å². The molecule has 0 saturated heterocycles. The largest absolute Gasteiger partial charge is 0.506 e. The van der Waals surface area contributed by atoms with E-state index in [2.05, 4.69) is 27.1 Å². The van der Waals surface area contributed by atoms with Crippen LogP contribution in [0.25, 0.3) is 11.0 Å². The highest BCUT2D eigenvalue weighted by Crippen LogP contribution is 2.18. The maximum atomic E-state index is 9.14. The number of aromatic amines is 1. The summed E-state index contributed by atoms with van der Waals surface area (Å²) in [4.78, 5) is 0. The van der Waals surface area contributed by atoms with Gasteiger partial charge in [0.25, 0.3) is 0 Å². The van der Waals surface area contributed by atoms with E-state index in [1.807, 2.05) is 0 Å². The standard InChI is InChI=1S/C6H5N3O.H4N2.H2O/c10-5-3-1-2-4-6(5)8-9-7-4;1-2;/h1-3,10H,(H,7,8,9);1-2H2;1H2. The first-order chi connectivity index (χ1) is 5.88. The Labute approximate surface area is 73.6 Å². The minimum Gasteiger partial charge on any atom is -0.506 e. The minimum absolute atomic E-state index is 0. The first kappa shape index (κ1) is 11.3. The Morgan fingerprint density at radius 2 is 1.92 bits per heavy atom. The van der Waals surface area contributed by atoms with Crippen LogP contribution in [-0.2, 0) is 0 Å². The van der Waals surface area contributed by atoms with E-state index in [4.69, 9.17) is 5.11 Å². The van der Waals surface area contributed by atoms with E-state index < -0.39 is 0 Å². The smallest absolute Gasteiger partial charge is 0.154 e. The zero-order valence-electron chi connectivity index (χ0n) is 6.73. The first-order valence-corrected chi connectivity index (χ1v) is 3.20. The highest BCUT2D eigenvalue weighted by atomic mass is 16.3. The Kier molecular flexibility index (Phi) is 4.38. The molecular weight excluding hydrogens is 174 g/mol. The average molecular weight is 185 g/mol. The van der Waals surface area contributed by atoms with Gasteiger partial charge in [0, 0.05) is 0 Å². The second-order valence-corrected chi connectivity index (χ2v) is 1.97. The van der Waals surface area contributed by atoms with Gasteiger partial charge in [0.2, 0.25) is 0 Å². The third-order valence-corrected chi connectivity index (χ3v) is 1.33. The van der Waals surface area contributed by atoms with Crippen LogP contribution in [0.3, 0.4) is 0 Å². The molecule has 1 aromatic heterocycles. The second kappa shape index (κ2) is 5.04. The molecule has 7 heteroatoms. The van der Waals surface area contributed by atoms with Gasteiger partial charge in [0.05, 0.1) is 0 Å². The molecule has 0 unspecified atom stereocenters. The van der Waals surface area contributed by atoms with Crippen molar-refractivity contribution in [3.8, 4) is 5.75 Å². The highest BCUT2D eigenvalue weighted by molar-refractivity contribution is 5.79. The van der Waals surface area contributed by atoms with Gasteiger partial charge in [-0.15, -0.1) is 0 Å². The molecule has 1 heterocycles. The van der Waals surface area contributed by atoms with Crippen molar-refractivity contribution in [2.24, 2.45) is 11.7 Å². The molecule has 1 aromatic carbocycles. The topological polar surface area (TPSA) is 145 Å². The zero-order valence-corrected chi connectivity index (χ0v) is 6.73. The quantitative estimate of drug-likeness (QED) is 0.296. The predicted octanol–water partition coefficient (Wildman–Crippen LogP) is -1.34. The van der Waals surface area contributed by atoms with E-state index in [-0.39, 0.29) is 11.2 Å². The van der Waals surface area contributed by atoms with Gasteiger partial charge >= 0.3 is 0 Å². The lowest BCUT2D eigenvalue weighted by Crippen LogP contribution is -2.02. The number of nitrogens with zero attached hydrogens (tertiary/aromatic N) is 2. The lowest BCUT2D eigenvalue weighted by atomic mass is 10.3.